The molecule has 6 heteroatoms. The van der Waals surface area contributed by atoms with E-state index in [2.05, 4.69) is 5.32 Å². The smallest absolute Gasteiger partial charge is 0.310 e. The molecule has 2 unspecified atom stereocenters. The fourth-order valence-electron chi connectivity index (χ4n) is 3.44. The molecule has 0 aliphatic carbocycles. The van der Waals surface area contributed by atoms with E-state index in [9.17, 15) is 14.7 Å². The number of rotatable bonds is 5. The Labute approximate surface area is 163 Å². The van der Waals surface area contributed by atoms with Gasteiger partial charge in [0.2, 0.25) is 5.91 Å². The number of hydrogen-bond donors (Lipinski definition) is 2. The minimum absolute atomic E-state index is 0.198. The molecule has 2 N–H and O–H groups in total. The van der Waals surface area contributed by atoms with Crippen LogP contribution in [-0.4, -0.2) is 35.0 Å². The molecule has 2 atom stereocenters. The van der Waals surface area contributed by atoms with E-state index in [1.54, 1.807) is 13.0 Å². The van der Waals surface area contributed by atoms with Gasteiger partial charge in [-0.2, -0.15) is 0 Å². The van der Waals surface area contributed by atoms with Gasteiger partial charge in [0.15, 0.2) is 0 Å². The van der Waals surface area contributed by atoms with Crippen LogP contribution >= 0.6 is 11.6 Å². The Morgan fingerprint density at radius 1 is 1.22 bits per heavy atom. The SMILES string of the molecule is Cc1ccc(NC(=O)C(c2ccccc2)N2CCC(C)(C(=O)O)C2)cc1Cl. The number of aryl methyl sites for hydroxylation is 1. The average molecular weight is 387 g/mol. The molecule has 142 valence electrons. The van der Waals surface area contributed by atoms with Crippen LogP contribution in [0.2, 0.25) is 5.02 Å². The molecule has 0 aromatic heterocycles. The van der Waals surface area contributed by atoms with Gasteiger partial charge in [-0.15, -0.1) is 0 Å². The second-order valence-electron chi connectivity index (χ2n) is 7.35. The van der Waals surface area contributed by atoms with Crippen LogP contribution in [-0.2, 0) is 9.59 Å². The Kier molecular flexibility index (Phi) is 5.53. The first-order valence-corrected chi connectivity index (χ1v) is 9.27. The van der Waals surface area contributed by atoms with Crippen LogP contribution in [0.3, 0.4) is 0 Å². The van der Waals surface area contributed by atoms with Crippen LogP contribution < -0.4 is 5.32 Å². The first-order valence-electron chi connectivity index (χ1n) is 8.89. The van der Waals surface area contributed by atoms with Crippen molar-refractivity contribution in [2.75, 3.05) is 18.4 Å². The summed E-state index contributed by atoms with van der Waals surface area (Å²) < 4.78 is 0. The zero-order valence-corrected chi connectivity index (χ0v) is 16.2. The topological polar surface area (TPSA) is 69.6 Å². The van der Waals surface area contributed by atoms with Crippen LogP contribution in [0.5, 0.6) is 0 Å². The lowest BCUT2D eigenvalue weighted by atomic mass is 9.90. The summed E-state index contributed by atoms with van der Waals surface area (Å²) in [5.41, 5.74) is 1.55. The monoisotopic (exact) mass is 386 g/mol. The number of amides is 1. The molecule has 2 aromatic rings. The number of nitrogens with zero attached hydrogens (tertiary/aromatic N) is 1. The van der Waals surface area contributed by atoms with Crippen molar-refractivity contribution in [3.8, 4) is 0 Å². The van der Waals surface area contributed by atoms with Crippen molar-refractivity contribution in [3.05, 3.63) is 64.7 Å². The fourth-order valence-corrected chi connectivity index (χ4v) is 3.62. The third-order valence-corrected chi connectivity index (χ3v) is 5.59. The molecule has 5 nitrogen and oxygen atoms in total. The highest BCUT2D eigenvalue weighted by molar-refractivity contribution is 6.31. The number of carboxylic acid groups (broad SMARTS) is 1. The third-order valence-electron chi connectivity index (χ3n) is 5.19. The van der Waals surface area contributed by atoms with Crippen molar-refractivity contribution < 1.29 is 14.7 Å². The molecular formula is C21H23ClN2O3. The molecule has 0 spiro atoms. The molecule has 27 heavy (non-hydrogen) atoms. The lowest BCUT2D eigenvalue weighted by molar-refractivity contribution is -0.147. The maximum atomic E-state index is 13.1. The van der Waals surface area contributed by atoms with Gasteiger partial charge in [0.05, 0.1) is 5.41 Å². The van der Waals surface area contributed by atoms with E-state index in [1.165, 1.54) is 0 Å². The maximum absolute atomic E-state index is 13.1. The number of nitrogens with one attached hydrogen (secondary N) is 1. The zero-order valence-electron chi connectivity index (χ0n) is 15.4. The minimum atomic E-state index is -0.847. The molecule has 1 aliphatic heterocycles. The van der Waals surface area contributed by atoms with Gasteiger partial charge >= 0.3 is 5.97 Å². The summed E-state index contributed by atoms with van der Waals surface area (Å²) in [6, 6.07) is 14.3. The number of likely N-dealkylation sites (tertiary alicyclic amines) is 1. The molecule has 1 aliphatic rings. The summed E-state index contributed by atoms with van der Waals surface area (Å²) in [5.74, 6) is -1.03. The van der Waals surface area contributed by atoms with Gasteiger partial charge in [-0.05, 0) is 43.5 Å². The van der Waals surface area contributed by atoms with Crippen molar-refractivity contribution in [1.82, 2.24) is 4.90 Å². The van der Waals surface area contributed by atoms with Gasteiger partial charge < -0.3 is 10.4 Å². The molecule has 3 rings (SSSR count). The number of aliphatic carboxylic acids is 1. The second-order valence-corrected chi connectivity index (χ2v) is 7.76. The lowest BCUT2D eigenvalue weighted by Gasteiger charge is -2.28. The second kappa shape index (κ2) is 7.71. The highest BCUT2D eigenvalue weighted by Gasteiger charge is 2.44. The van der Waals surface area contributed by atoms with Gasteiger partial charge in [-0.25, -0.2) is 0 Å². The number of carboxylic acids is 1. The van der Waals surface area contributed by atoms with Gasteiger partial charge in [-0.3, -0.25) is 14.5 Å². The summed E-state index contributed by atoms with van der Waals surface area (Å²) in [6.45, 7) is 4.50. The summed E-state index contributed by atoms with van der Waals surface area (Å²) in [5, 5.41) is 13.0. The molecular weight excluding hydrogens is 364 g/mol. The molecule has 1 amide bonds. The Hall–Kier alpha value is -2.37. The largest absolute Gasteiger partial charge is 0.481 e. The maximum Gasteiger partial charge on any atom is 0.310 e. The van der Waals surface area contributed by atoms with E-state index in [4.69, 9.17) is 11.6 Å². The molecule has 0 saturated carbocycles. The van der Waals surface area contributed by atoms with E-state index < -0.39 is 17.4 Å². The van der Waals surface area contributed by atoms with Gasteiger partial charge in [0.1, 0.15) is 6.04 Å². The normalized spacial score (nSPS) is 21.0. The molecule has 0 radical (unpaired) electrons. The minimum Gasteiger partial charge on any atom is -0.481 e. The number of anilines is 1. The summed E-state index contributed by atoms with van der Waals surface area (Å²) in [6.07, 6.45) is 0.509. The van der Waals surface area contributed by atoms with Crippen LogP contribution in [0.1, 0.15) is 30.5 Å². The fraction of sp³-hybridized carbons (Fsp3) is 0.333. The van der Waals surface area contributed by atoms with Crippen LogP contribution in [0.25, 0.3) is 0 Å². The number of hydrogen-bond acceptors (Lipinski definition) is 3. The molecule has 1 fully saturated rings. The number of halogens is 1. The summed E-state index contributed by atoms with van der Waals surface area (Å²) in [4.78, 5) is 26.7. The highest BCUT2D eigenvalue weighted by Crippen LogP contribution is 2.36. The van der Waals surface area contributed by atoms with E-state index >= 15 is 0 Å². The van der Waals surface area contributed by atoms with Crippen LogP contribution in [0.15, 0.2) is 48.5 Å². The van der Waals surface area contributed by atoms with Crippen LogP contribution in [0.4, 0.5) is 5.69 Å². The van der Waals surface area contributed by atoms with E-state index in [0.717, 1.165) is 11.1 Å². The average Bonchev–Trinajstić information content (AvgIpc) is 3.03. The summed E-state index contributed by atoms with van der Waals surface area (Å²) in [7, 11) is 0. The standard InChI is InChI=1S/C21H23ClN2O3/c1-14-8-9-16(12-17(14)22)23-19(25)18(15-6-4-3-5-7-15)24-11-10-21(2,13-24)20(26)27/h3-9,12,18H,10-11,13H2,1-2H3,(H,23,25)(H,26,27). The Balaban J connectivity index is 1.87. The summed E-state index contributed by atoms with van der Waals surface area (Å²) >= 11 is 6.17. The van der Waals surface area contributed by atoms with Crippen molar-refractivity contribution >= 4 is 29.2 Å². The molecule has 1 heterocycles. The Bertz CT molecular complexity index is 856. The van der Waals surface area contributed by atoms with Crippen molar-refractivity contribution in [3.63, 3.8) is 0 Å². The van der Waals surface area contributed by atoms with Gasteiger partial charge in [0.25, 0.3) is 0 Å². The molecule has 1 saturated heterocycles. The quantitative estimate of drug-likeness (QED) is 0.810. The van der Waals surface area contributed by atoms with Crippen molar-refractivity contribution in [2.45, 2.75) is 26.3 Å². The molecule has 2 aromatic carbocycles. The predicted molar refractivity (Wildman–Crippen MR) is 106 cm³/mol. The van der Waals surface area contributed by atoms with Gasteiger partial charge in [0, 0.05) is 23.8 Å². The Morgan fingerprint density at radius 2 is 1.93 bits per heavy atom. The van der Waals surface area contributed by atoms with Crippen molar-refractivity contribution in [1.29, 1.82) is 0 Å². The first-order chi connectivity index (χ1) is 12.8. The van der Waals surface area contributed by atoms with E-state index in [0.29, 0.717) is 30.2 Å². The third kappa shape index (κ3) is 4.15. The molecule has 0 bridgehead atoms. The first kappa shape index (κ1) is 19.4. The number of benzene rings is 2. The van der Waals surface area contributed by atoms with Gasteiger partial charge in [-0.1, -0.05) is 48.0 Å². The zero-order chi connectivity index (χ0) is 19.6. The Morgan fingerprint density at radius 3 is 2.52 bits per heavy atom. The lowest BCUT2D eigenvalue weighted by Crippen LogP contribution is -2.38. The predicted octanol–water partition coefficient (Wildman–Crippen LogP) is 4.12. The number of carbonyl (C=O) groups is 2. The number of carbonyl (C=O) groups excluding carboxylic acids is 1. The highest BCUT2D eigenvalue weighted by atomic mass is 35.5. The van der Waals surface area contributed by atoms with Crippen LogP contribution in [0, 0.1) is 12.3 Å². The van der Waals surface area contributed by atoms with E-state index in [-0.39, 0.29) is 5.91 Å². The van der Waals surface area contributed by atoms with Crippen molar-refractivity contribution in [2.24, 2.45) is 5.41 Å². The van der Waals surface area contributed by atoms with E-state index in [1.807, 2.05) is 54.3 Å².